The van der Waals surface area contributed by atoms with E-state index in [1.165, 1.54) is 4.90 Å². The number of pyridine rings is 1. The predicted octanol–water partition coefficient (Wildman–Crippen LogP) is 5.70. The lowest BCUT2D eigenvalue weighted by Gasteiger charge is -2.25. The van der Waals surface area contributed by atoms with Crippen molar-refractivity contribution in [1.82, 2.24) is 9.88 Å². The molecule has 0 spiro atoms. The number of amides is 1. The summed E-state index contributed by atoms with van der Waals surface area (Å²) in [5.41, 5.74) is 1.03. The second-order valence-electron chi connectivity index (χ2n) is 6.25. The highest BCUT2D eigenvalue weighted by atomic mass is 35.5. The van der Waals surface area contributed by atoms with E-state index >= 15 is 0 Å². The van der Waals surface area contributed by atoms with E-state index in [4.69, 9.17) is 21.4 Å². The van der Waals surface area contributed by atoms with E-state index in [9.17, 15) is 18.0 Å². The minimum Gasteiger partial charge on any atom is -0.465 e. The Kier molecular flexibility index (Phi) is 5.79. The Morgan fingerprint density at radius 2 is 1.93 bits per heavy atom. The fourth-order valence-corrected chi connectivity index (χ4v) is 2.93. The standard InChI is InChI=1S/C19H16ClF3N2O3/c20-15-3-1-13(9-12-5-7-25(8-6-12)18(26)27)10-16(15)28-17-4-2-14(11-24-17)19(21,22)23/h1-4,9-11H,5-8H2,(H,26,27). The lowest BCUT2D eigenvalue weighted by atomic mass is 10.0. The molecule has 3 rings (SSSR count). The first-order valence-corrected chi connectivity index (χ1v) is 8.78. The Labute approximate surface area is 164 Å². The van der Waals surface area contributed by atoms with Crippen molar-refractivity contribution < 1.29 is 27.8 Å². The van der Waals surface area contributed by atoms with Crippen LogP contribution in [0.3, 0.4) is 0 Å². The third kappa shape index (κ3) is 4.95. The van der Waals surface area contributed by atoms with Crippen LogP contribution >= 0.6 is 11.6 Å². The van der Waals surface area contributed by atoms with Crippen molar-refractivity contribution in [3.63, 3.8) is 0 Å². The number of carboxylic acid groups (broad SMARTS) is 1. The molecular weight excluding hydrogens is 397 g/mol. The first-order valence-electron chi connectivity index (χ1n) is 8.40. The molecule has 1 aliphatic heterocycles. The number of aromatic nitrogens is 1. The SMILES string of the molecule is O=C(O)N1CCC(=Cc2ccc(Cl)c(Oc3ccc(C(F)(F)F)cn3)c2)CC1. The molecule has 1 fully saturated rings. The maximum atomic E-state index is 12.6. The normalized spacial score (nSPS) is 14.7. The van der Waals surface area contributed by atoms with E-state index in [2.05, 4.69) is 4.98 Å². The van der Waals surface area contributed by atoms with Crippen molar-refractivity contribution in [3.8, 4) is 11.6 Å². The number of ether oxygens (including phenoxy) is 1. The van der Waals surface area contributed by atoms with Crippen LogP contribution < -0.4 is 4.74 Å². The molecule has 2 heterocycles. The molecule has 2 aromatic rings. The predicted molar refractivity (Wildman–Crippen MR) is 97.6 cm³/mol. The van der Waals surface area contributed by atoms with E-state index in [0.717, 1.165) is 23.3 Å². The fourth-order valence-electron chi connectivity index (χ4n) is 2.77. The lowest BCUT2D eigenvalue weighted by Crippen LogP contribution is -2.35. The molecular formula is C19H16ClF3N2O3. The van der Waals surface area contributed by atoms with Gasteiger partial charge in [0.2, 0.25) is 5.88 Å². The number of nitrogens with zero attached hydrogens (tertiary/aromatic N) is 2. The summed E-state index contributed by atoms with van der Waals surface area (Å²) in [5.74, 6) is 0.265. The minimum atomic E-state index is -4.47. The van der Waals surface area contributed by atoms with Gasteiger partial charge in [0.05, 0.1) is 10.6 Å². The Morgan fingerprint density at radius 1 is 1.21 bits per heavy atom. The molecule has 9 heteroatoms. The maximum absolute atomic E-state index is 12.6. The monoisotopic (exact) mass is 412 g/mol. The van der Waals surface area contributed by atoms with Gasteiger partial charge in [-0.15, -0.1) is 0 Å². The quantitative estimate of drug-likeness (QED) is 0.702. The van der Waals surface area contributed by atoms with Crippen molar-refractivity contribution in [2.45, 2.75) is 19.0 Å². The molecule has 0 unspecified atom stereocenters. The molecule has 0 saturated carbocycles. The third-order valence-corrected chi connectivity index (χ3v) is 4.59. The van der Waals surface area contributed by atoms with Gasteiger partial charge < -0.3 is 14.7 Å². The van der Waals surface area contributed by atoms with E-state index < -0.39 is 17.8 Å². The highest BCUT2D eigenvalue weighted by molar-refractivity contribution is 6.32. The van der Waals surface area contributed by atoms with Crippen LogP contribution in [0.25, 0.3) is 6.08 Å². The van der Waals surface area contributed by atoms with Crippen LogP contribution in [0.4, 0.5) is 18.0 Å². The fraction of sp³-hybridized carbons (Fsp3) is 0.263. The van der Waals surface area contributed by atoms with Crippen molar-refractivity contribution in [2.75, 3.05) is 13.1 Å². The van der Waals surface area contributed by atoms with Crippen molar-refractivity contribution in [1.29, 1.82) is 0 Å². The molecule has 1 aliphatic rings. The summed E-state index contributed by atoms with van der Waals surface area (Å²) in [6.07, 6.45) is -1.50. The number of halogens is 4. The summed E-state index contributed by atoms with van der Waals surface area (Å²) < 4.78 is 43.4. The lowest BCUT2D eigenvalue weighted by molar-refractivity contribution is -0.137. The van der Waals surface area contributed by atoms with Gasteiger partial charge in [0, 0.05) is 25.4 Å². The molecule has 0 bridgehead atoms. The Morgan fingerprint density at radius 3 is 2.50 bits per heavy atom. The molecule has 0 radical (unpaired) electrons. The van der Waals surface area contributed by atoms with Gasteiger partial charge in [0.15, 0.2) is 0 Å². The number of hydrogen-bond donors (Lipinski definition) is 1. The van der Waals surface area contributed by atoms with Gasteiger partial charge in [0.25, 0.3) is 0 Å². The summed E-state index contributed by atoms with van der Waals surface area (Å²) in [6, 6.07) is 7.09. The third-order valence-electron chi connectivity index (χ3n) is 4.28. The second-order valence-corrected chi connectivity index (χ2v) is 6.65. The van der Waals surface area contributed by atoms with Crippen LogP contribution in [0.5, 0.6) is 11.6 Å². The van der Waals surface area contributed by atoms with Gasteiger partial charge in [-0.25, -0.2) is 9.78 Å². The molecule has 28 heavy (non-hydrogen) atoms. The van der Waals surface area contributed by atoms with Gasteiger partial charge in [-0.1, -0.05) is 29.3 Å². The van der Waals surface area contributed by atoms with Crippen molar-refractivity contribution in [2.24, 2.45) is 0 Å². The highest BCUT2D eigenvalue weighted by Gasteiger charge is 2.30. The van der Waals surface area contributed by atoms with Gasteiger partial charge in [-0.05, 0) is 36.6 Å². The highest BCUT2D eigenvalue weighted by Crippen LogP contribution is 2.33. The average Bonchev–Trinajstić information content (AvgIpc) is 2.64. The first kappa shape index (κ1) is 20.0. The molecule has 1 saturated heterocycles. The topological polar surface area (TPSA) is 62.7 Å². The van der Waals surface area contributed by atoms with E-state index in [0.29, 0.717) is 37.2 Å². The smallest absolute Gasteiger partial charge is 0.417 e. The summed E-state index contributed by atoms with van der Waals surface area (Å²) in [7, 11) is 0. The van der Waals surface area contributed by atoms with Crippen LogP contribution in [0.1, 0.15) is 24.0 Å². The van der Waals surface area contributed by atoms with E-state index in [1.54, 1.807) is 18.2 Å². The van der Waals surface area contributed by atoms with Gasteiger partial charge in [0.1, 0.15) is 5.75 Å². The molecule has 1 aromatic carbocycles. The van der Waals surface area contributed by atoms with Crippen LogP contribution in [0.2, 0.25) is 5.02 Å². The molecule has 5 nitrogen and oxygen atoms in total. The molecule has 0 atom stereocenters. The molecule has 0 aliphatic carbocycles. The summed E-state index contributed by atoms with van der Waals surface area (Å²) in [4.78, 5) is 16.0. The molecule has 1 N–H and O–H groups in total. The first-order chi connectivity index (χ1) is 13.2. The van der Waals surface area contributed by atoms with Gasteiger partial charge in [-0.3, -0.25) is 0 Å². The Balaban J connectivity index is 1.73. The second kappa shape index (κ2) is 8.10. The van der Waals surface area contributed by atoms with Gasteiger partial charge >= 0.3 is 12.3 Å². The largest absolute Gasteiger partial charge is 0.465 e. The zero-order chi connectivity index (χ0) is 20.3. The van der Waals surface area contributed by atoms with Crippen LogP contribution in [0, 0.1) is 0 Å². The summed E-state index contributed by atoms with van der Waals surface area (Å²) in [5, 5.41) is 9.29. The number of hydrogen-bond acceptors (Lipinski definition) is 3. The minimum absolute atomic E-state index is 0.00512. The van der Waals surface area contributed by atoms with Crippen LogP contribution in [0.15, 0.2) is 42.1 Å². The maximum Gasteiger partial charge on any atom is 0.417 e. The Bertz CT molecular complexity index is 888. The number of carbonyl (C=O) groups is 1. The van der Waals surface area contributed by atoms with E-state index in [-0.39, 0.29) is 11.6 Å². The summed E-state index contributed by atoms with van der Waals surface area (Å²) in [6.45, 7) is 0.876. The number of alkyl halides is 3. The Hall–Kier alpha value is -2.74. The zero-order valence-electron chi connectivity index (χ0n) is 14.5. The van der Waals surface area contributed by atoms with Gasteiger partial charge in [-0.2, -0.15) is 13.2 Å². The molecule has 1 aromatic heterocycles. The van der Waals surface area contributed by atoms with Crippen molar-refractivity contribution >= 4 is 23.8 Å². The zero-order valence-corrected chi connectivity index (χ0v) is 15.3. The van der Waals surface area contributed by atoms with Crippen LogP contribution in [-0.4, -0.2) is 34.2 Å². The average molecular weight is 413 g/mol. The van der Waals surface area contributed by atoms with Crippen LogP contribution in [-0.2, 0) is 6.18 Å². The van der Waals surface area contributed by atoms with Crippen molar-refractivity contribution in [3.05, 3.63) is 58.3 Å². The number of rotatable bonds is 3. The molecule has 148 valence electrons. The summed E-state index contributed by atoms with van der Waals surface area (Å²) >= 11 is 6.12. The van der Waals surface area contributed by atoms with E-state index in [1.807, 2.05) is 6.08 Å². The number of piperidine rings is 1. The molecule has 1 amide bonds. The number of benzene rings is 1. The number of likely N-dealkylation sites (tertiary alicyclic amines) is 1.